The monoisotopic (exact) mass is 355 g/mol. The third kappa shape index (κ3) is 3.49. The van der Waals surface area contributed by atoms with Gasteiger partial charge in [-0.2, -0.15) is 0 Å². The van der Waals surface area contributed by atoms with Crippen molar-refractivity contribution in [3.63, 3.8) is 0 Å². The maximum Gasteiger partial charge on any atom is 0.0543 e. The molecule has 1 nitrogen and oxygen atoms in total. The van der Waals surface area contributed by atoms with Gasteiger partial charge in [-0.05, 0) is 29.3 Å². The van der Waals surface area contributed by atoms with E-state index >= 15 is 0 Å². The highest BCUT2D eigenvalue weighted by Gasteiger charge is 2.12. The number of hydrogen-bond acceptors (Lipinski definition) is 1. The van der Waals surface area contributed by atoms with E-state index < -0.39 is 0 Å². The summed E-state index contributed by atoms with van der Waals surface area (Å²) >= 11 is 6.18. The zero-order chi connectivity index (χ0) is 17.8. The molecule has 0 spiro atoms. The summed E-state index contributed by atoms with van der Waals surface area (Å²) in [7, 11) is 0. The molecule has 0 aliphatic rings. The molecule has 0 fully saturated rings. The number of halogens is 1. The van der Waals surface area contributed by atoms with E-state index in [0.717, 1.165) is 22.5 Å². The molecule has 0 amide bonds. The van der Waals surface area contributed by atoms with Gasteiger partial charge in [0, 0.05) is 21.8 Å². The predicted octanol–water partition coefficient (Wildman–Crippen LogP) is 7.42. The lowest BCUT2D eigenvalue weighted by atomic mass is 9.95. The normalized spacial score (nSPS) is 10.5. The zero-order valence-electron chi connectivity index (χ0n) is 14.2. The van der Waals surface area contributed by atoms with Crippen LogP contribution in [0.3, 0.4) is 0 Å². The van der Waals surface area contributed by atoms with Crippen molar-refractivity contribution in [2.75, 3.05) is 5.32 Å². The van der Waals surface area contributed by atoms with Gasteiger partial charge in [-0.1, -0.05) is 96.5 Å². The number of anilines is 2. The topological polar surface area (TPSA) is 12.0 Å². The second-order valence-corrected chi connectivity index (χ2v) is 6.53. The molecule has 4 rings (SSSR count). The van der Waals surface area contributed by atoms with Crippen LogP contribution in [0.5, 0.6) is 0 Å². The lowest BCUT2D eigenvalue weighted by molar-refractivity contribution is 1.52. The van der Waals surface area contributed by atoms with Crippen molar-refractivity contribution in [1.82, 2.24) is 0 Å². The van der Waals surface area contributed by atoms with Crippen LogP contribution in [0.2, 0.25) is 5.02 Å². The third-order valence-electron chi connectivity index (χ3n) is 4.33. The summed E-state index contributed by atoms with van der Waals surface area (Å²) in [6.45, 7) is 0. The zero-order valence-corrected chi connectivity index (χ0v) is 14.9. The van der Waals surface area contributed by atoms with Crippen LogP contribution in [0.4, 0.5) is 11.4 Å². The minimum absolute atomic E-state index is 0.716. The Kier molecular flexibility index (Phi) is 4.72. The van der Waals surface area contributed by atoms with E-state index in [9.17, 15) is 0 Å². The van der Waals surface area contributed by atoms with Crippen molar-refractivity contribution in [1.29, 1.82) is 0 Å². The molecule has 0 unspecified atom stereocenters. The summed E-state index contributed by atoms with van der Waals surface area (Å²) in [6.07, 6.45) is 0. The van der Waals surface area contributed by atoms with Crippen molar-refractivity contribution in [2.45, 2.75) is 0 Å². The summed E-state index contributed by atoms with van der Waals surface area (Å²) in [6, 6.07) is 35.1. The Labute approximate surface area is 158 Å². The largest absolute Gasteiger partial charge is 0.354 e. The minimum Gasteiger partial charge on any atom is -0.354 e. The molecule has 0 aliphatic carbocycles. The first-order chi connectivity index (χ1) is 12.8. The van der Waals surface area contributed by atoms with E-state index in [1.165, 1.54) is 11.1 Å². The van der Waals surface area contributed by atoms with Gasteiger partial charge in [0.15, 0.2) is 0 Å². The van der Waals surface area contributed by atoms with Crippen molar-refractivity contribution in [2.24, 2.45) is 0 Å². The molecule has 4 aromatic carbocycles. The maximum atomic E-state index is 6.18. The fraction of sp³-hybridized carbons (Fsp3) is 0. The molecule has 0 saturated heterocycles. The van der Waals surface area contributed by atoms with E-state index in [4.69, 9.17) is 11.6 Å². The van der Waals surface area contributed by atoms with Gasteiger partial charge in [-0.3, -0.25) is 0 Å². The van der Waals surface area contributed by atoms with Crippen LogP contribution >= 0.6 is 11.6 Å². The molecule has 2 heteroatoms. The highest BCUT2D eigenvalue weighted by Crippen LogP contribution is 2.38. The van der Waals surface area contributed by atoms with Crippen molar-refractivity contribution < 1.29 is 0 Å². The predicted molar refractivity (Wildman–Crippen MR) is 112 cm³/mol. The summed E-state index contributed by atoms with van der Waals surface area (Å²) in [5.74, 6) is 0. The standard InChI is InChI=1S/C24H18ClN/c25-20-13-7-14-21(17-20)26-24-22(18-9-3-1-4-10-18)15-8-16-23(24)19-11-5-2-6-12-19/h1-17,26H. The number of benzene rings is 4. The van der Waals surface area contributed by atoms with Gasteiger partial charge in [0.2, 0.25) is 0 Å². The Balaban J connectivity index is 1.90. The smallest absolute Gasteiger partial charge is 0.0543 e. The molecule has 0 saturated carbocycles. The molecular formula is C24H18ClN. The molecule has 1 N–H and O–H groups in total. The SMILES string of the molecule is Clc1cccc(Nc2c(-c3ccccc3)cccc2-c2ccccc2)c1. The van der Waals surface area contributed by atoms with Crippen LogP contribution in [0.1, 0.15) is 0 Å². The Morgan fingerprint density at radius 1 is 0.538 bits per heavy atom. The van der Waals surface area contributed by atoms with E-state index in [-0.39, 0.29) is 0 Å². The van der Waals surface area contributed by atoms with E-state index in [0.29, 0.717) is 5.02 Å². The highest BCUT2D eigenvalue weighted by atomic mass is 35.5. The molecule has 0 aromatic heterocycles. The summed E-state index contributed by atoms with van der Waals surface area (Å²) < 4.78 is 0. The van der Waals surface area contributed by atoms with Gasteiger partial charge < -0.3 is 5.32 Å². The summed E-state index contributed by atoms with van der Waals surface area (Å²) in [5, 5.41) is 4.31. The molecular weight excluding hydrogens is 338 g/mol. The van der Waals surface area contributed by atoms with Gasteiger partial charge in [0.25, 0.3) is 0 Å². The third-order valence-corrected chi connectivity index (χ3v) is 4.56. The number of para-hydroxylation sites is 1. The van der Waals surface area contributed by atoms with Gasteiger partial charge in [0.1, 0.15) is 0 Å². The average Bonchev–Trinajstić information content (AvgIpc) is 2.69. The van der Waals surface area contributed by atoms with E-state index in [1.54, 1.807) is 0 Å². The lowest BCUT2D eigenvalue weighted by Gasteiger charge is -2.18. The maximum absolute atomic E-state index is 6.18. The highest BCUT2D eigenvalue weighted by molar-refractivity contribution is 6.30. The lowest BCUT2D eigenvalue weighted by Crippen LogP contribution is -1.96. The quantitative estimate of drug-likeness (QED) is 0.401. The fourth-order valence-electron chi connectivity index (χ4n) is 3.11. The molecule has 0 atom stereocenters. The molecule has 0 radical (unpaired) electrons. The Morgan fingerprint density at radius 3 is 1.62 bits per heavy atom. The molecule has 0 bridgehead atoms. The average molecular weight is 356 g/mol. The van der Waals surface area contributed by atoms with Crippen LogP contribution in [-0.4, -0.2) is 0 Å². The van der Waals surface area contributed by atoms with E-state index in [2.05, 4.69) is 72.0 Å². The Morgan fingerprint density at radius 2 is 1.08 bits per heavy atom. The first-order valence-electron chi connectivity index (χ1n) is 8.58. The second-order valence-electron chi connectivity index (χ2n) is 6.10. The Bertz CT molecular complexity index is 953. The Hall–Kier alpha value is -3.03. The van der Waals surface area contributed by atoms with Crippen molar-refractivity contribution in [3.05, 3.63) is 108 Å². The second kappa shape index (κ2) is 7.47. The van der Waals surface area contributed by atoms with Crippen LogP contribution in [0.15, 0.2) is 103 Å². The molecule has 4 aromatic rings. The van der Waals surface area contributed by atoms with Crippen LogP contribution < -0.4 is 5.32 Å². The van der Waals surface area contributed by atoms with Crippen molar-refractivity contribution >= 4 is 23.0 Å². The number of nitrogens with one attached hydrogen (secondary N) is 1. The minimum atomic E-state index is 0.716. The fourth-order valence-corrected chi connectivity index (χ4v) is 3.30. The van der Waals surface area contributed by atoms with Gasteiger partial charge >= 0.3 is 0 Å². The molecule has 0 aliphatic heterocycles. The van der Waals surface area contributed by atoms with Gasteiger partial charge in [-0.25, -0.2) is 0 Å². The van der Waals surface area contributed by atoms with Crippen LogP contribution in [0.25, 0.3) is 22.3 Å². The van der Waals surface area contributed by atoms with Crippen molar-refractivity contribution in [3.8, 4) is 22.3 Å². The summed E-state index contributed by atoms with van der Waals surface area (Å²) in [5.41, 5.74) is 6.72. The molecule has 0 heterocycles. The van der Waals surface area contributed by atoms with Gasteiger partial charge in [-0.15, -0.1) is 0 Å². The number of rotatable bonds is 4. The first kappa shape index (κ1) is 16.4. The first-order valence-corrected chi connectivity index (χ1v) is 8.95. The van der Waals surface area contributed by atoms with Crippen LogP contribution in [0, 0.1) is 0 Å². The van der Waals surface area contributed by atoms with E-state index in [1.807, 2.05) is 36.4 Å². The van der Waals surface area contributed by atoms with Crippen LogP contribution in [-0.2, 0) is 0 Å². The molecule has 26 heavy (non-hydrogen) atoms. The number of hydrogen-bond donors (Lipinski definition) is 1. The molecule has 126 valence electrons. The summed E-state index contributed by atoms with van der Waals surface area (Å²) in [4.78, 5) is 0. The van der Waals surface area contributed by atoms with Gasteiger partial charge in [0.05, 0.1) is 5.69 Å².